The van der Waals surface area contributed by atoms with Gasteiger partial charge in [-0.05, 0) is 56.7 Å². The Bertz CT molecular complexity index is 772. The van der Waals surface area contributed by atoms with E-state index in [-0.39, 0.29) is 12.0 Å². The number of hydrogen-bond acceptors (Lipinski definition) is 5. The van der Waals surface area contributed by atoms with E-state index in [1.54, 1.807) is 50.4 Å². The van der Waals surface area contributed by atoms with Gasteiger partial charge in [0.2, 0.25) is 0 Å². The second-order valence-corrected chi connectivity index (χ2v) is 6.09. The Labute approximate surface area is 159 Å². The zero-order chi connectivity index (χ0) is 19.8. The Morgan fingerprint density at radius 2 is 1.70 bits per heavy atom. The number of nitrogens with one attached hydrogen (secondary N) is 1. The third-order valence-electron chi connectivity index (χ3n) is 4.01. The molecule has 0 aromatic heterocycles. The van der Waals surface area contributed by atoms with Crippen LogP contribution in [0.4, 0.5) is 5.69 Å². The van der Waals surface area contributed by atoms with E-state index in [9.17, 15) is 9.59 Å². The fraction of sp³-hybridized carbons (Fsp3) is 0.333. The van der Waals surface area contributed by atoms with Crippen molar-refractivity contribution in [1.29, 1.82) is 0 Å². The van der Waals surface area contributed by atoms with Gasteiger partial charge in [-0.15, -0.1) is 0 Å². The van der Waals surface area contributed by atoms with E-state index in [2.05, 4.69) is 5.32 Å². The molecule has 2 aromatic carbocycles. The monoisotopic (exact) mass is 371 g/mol. The average molecular weight is 371 g/mol. The Morgan fingerprint density at radius 1 is 1.04 bits per heavy atom. The molecule has 0 saturated heterocycles. The molecule has 27 heavy (non-hydrogen) atoms. The van der Waals surface area contributed by atoms with Crippen molar-refractivity contribution in [3.8, 4) is 11.5 Å². The fourth-order valence-corrected chi connectivity index (χ4v) is 2.26. The largest absolute Gasteiger partial charge is 0.495 e. The summed E-state index contributed by atoms with van der Waals surface area (Å²) in [4.78, 5) is 24.3. The van der Waals surface area contributed by atoms with Gasteiger partial charge in [-0.3, -0.25) is 4.79 Å². The number of benzene rings is 2. The fourth-order valence-electron chi connectivity index (χ4n) is 2.26. The van der Waals surface area contributed by atoms with Crippen molar-refractivity contribution >= 4 is 17.6 Å². The highest BCUT2D eigenvalue weighted by molar-refractivity contribution is 6.05. The maximum atomic E-state index is 12.4. The Balaban J connectivity index is 1.98. The van der Waals surface area contributed by atoms with Crippen LogP contribution in [0.5, 0.6) is 11.5 Å². The average Bonchev–Trinajstić information content (AvgIpc) is 2.68. The first kappa shape index (κ1) is 20.3. The van der Waals surface area contributed by atoms with Crippen LogP contribution < -0.4 is 14.8 Å². The number of methoxy groups -OCH3 is 1. The van der Waals surface area contributed by atoms with Crippen molar-refractivity contribution in [2.24, 2.45) is 0 Å². The molecule has 6 heteroatoms. The topological polar surface area (TPSA) is 73.9 Å². The maximum absolute atomic E-state index is 12.4. The number of hydrogen-bond donors (Lipinski definition) is 1. The molecule has 0 aliphatic heterocycles. The maximum Gasteiger partial charge on any atom is 0.347 e. The van der Waals surface area contributed by atoms with Crippen LogP contribution in [0.15, 0.2) is 48.5 Å². The van der Waals surface area contributed by atoms with E-state index in [0.717, 1.165) is 6.42 Å². The summed E-state index contributed by atoms with van der Waals surface area (Å²) in [6, 6.07) is 13.7. The highest BCUT2D eigenvalue weighted by atomic mass is 16.6. The second kappa shape index (κ2) is 9.62. The summed E-state index contributed by atoms with van der Waals surface area (Å²) in [7, 11) is 1.55. The Morgan fingerprint density at radius 3 is 2.33 bits per heavy atom. The number of ether oxygens (including phenoxy) is 3. The minimum Gasteiger partial charge on any atom is -0.495 e. The zero-order valence-electron chi connectivity index (χ0n) is 16.0. The normalized spacial score (nSPS) is 12.6. The number of rotatable bonds is 8. The molecule has 2 aromatic rings. The lowest BCUT2D eigenvalue weighted by atomic mass is 10.2. The van der Waals surface area contributed by atoms with E-state index < -0.39 is 12.1 Å². The van der Waals surface area contributed by atoms with Gasteiger partial charge in [0.05, 0.1) is 18.9 Å². The third-order valence-corrected chi connectivity index (χ3v) is 4.01. The summed E-state index contributed by atoms with van der Waals surface area (Å²) < 4.78 is 16.1. The van der Waals surface area contributed by atoms with Crippen LogP contribution >= 0.6 is 0 Å². The van der Waals surface area contributed by atoms with Gasteiger partial charge in [-0.25, -0.2) is 4.79 Å². The summed E-state index contributed by atoms with van der Waals surface area (Å²) >= 11 is 0. The molecule has 1 N–H and O–H groups in total. The molecule has 0 spiro atoms. The van der Waals surface area contributed by atoms with Gasteiger partial charge >= 0.3 is 5.97 Å². The predicted molar refractivity (Wildman–Crippen MR) is 103 cm³/mol. The van der Waals surface area contributed by atoms with E-state index in [0.29, 0.717) is 22.7 Å². The number of amides is 1. The van der Waals surface area contributed by atoms with Gasteiger partial charge in [-0.1, -0.05) is 19.1 Å². The van der Waals surface area contributed by atoms with Gasteiger partial charge < -0.3 is 19.5 Å². The minimum atomic E-state index is -0.729. The molecule has 0 radical (unpaired) electrons. The van der Waals surface area contributed by atoms with Crippen molar-refractivity contribution in [1.82, 2.24) is 0 Å². The molecule has 6 nitrogen and oxygen atoms in total. The van der Waals surface area contributed by atoms with Crippen molar-refractivity contribution in [2.45, 2.75) is 39.4 Å². The van der Waals surface area contributed by atoms with Crippen LogP contribution in [0.2, 0.25) is 0 Å². The molecule has 0 aliphatic carbocycles. The molecule has 2 rings (SSSR count). The lowest BCUT2D eigenvalue weighted by Crippen LogP contribution is -2.29. The van der Waals surface area contributed by atoms with Gasteiger partial charge in [0, 0.05) is 5.56 Å². The van der Waals surface area contributed by atoms with Gasteiger partial charge in [-0.2, -0.15) is 0 Å². The molecule has 1 amide bonds. The van der Waals surface area contributed by atoms with Crippen LogP contribution in [0, 0.1) is 0 Å². The first-order valence-electron chi connectivity index (χ1n) is 8.86. The SMILES string of the molecule is CC[C@@H](C)OC(=O)[C@@H](C)Oc1ccc(C(=O)Nc2ccccc2OC)cc1. The Hall–Kier alpha value is -3.02. The van der Waals surface area contributed by atoms with Gasteiger partial charge in [0.25, 0.3) is 5.91 Å². The van der Waals surface area contributed by atoms with Crippen LogP contribution in [0.3, 0.4) is 0 Å². The van der Waals surface area contributed by atoms with Crippen LogP contribution in [0.25, 0.3) is 0 Å². The number of carbonyl (C=O) groups is 2. The van der Waals surface area contributed by atoms with Crippen molar-refractivity contribution in [3.63, 3.8) is 0 Å². The molecule has 0 heterocycles. The molecule has 0 bridgehead atoms. The lowest BCUT2D eigenvalue weighted by molar-refractivity contribution is -0.155. The summed E-state index contributed by atoms with van der Waals surface area (Å²) in [5.74, 6) is 0.384. The number of anilines is 1. The summed E-state index contributed by atoms with van der Waals surface area (Å²) in [6.45, 7) is 5.41. The predicted octanol–water partition coefficient (Wildman–Crippen LogP) is 4.06. The molecular formula is C21H25NO5. The zero-order valence-corrected chi connectivity index (χ0v) is 16.0. The van der Waals surface area contributed by atoms with Crippen LogP contribution in [-0.4, -0.2) is 31.2 Å². The molecule has 0 saturated carbocycles. The summed E-state index contributed by atoms with van der Waals surface area (Å²) in [5, 5.41) is 2.81. The van der Waals surface area contributed by atoms with E-state index in [1.165, 1.54) is 0 Å². The number of esters is 1. The second-order valence-electron chi connectivity index (χ2n) is 6.09. The first-order valence-corrected chi connectivity index (χ1v) is 8.86. The molecular weight excluding hydrogens is 346 g/mol. The molecule has 144 valence electrons. The lowest BCUT2D eigenvalue weighted by Gasteiger charge is -2.17. The first-order chi connectivity index (χ1) is 12.9. The quantitative estimate of drug-likeness (QED) is 0.709. The summed E-state index contributed by atoms with van der Waals surface area (Å²) in [5.41, 5.74) is 1.05. The molecule has 0 unspecified atom stereocenters. The number of carbonyl (C=O) groups excluding carboxylic acids is 2. The highest BCUT2D eigenvalue weighted by Gasteiger charge is 2.18. The molecule has 2 atom stereocenters. The van der Waals surface area contributed by atoms with E-state index in [4.69, 9.17) is 14.2 Å². The highest BCUT2D eigenvalue weighted by Crippen LogP contribution is 2.24. The number of para-hydroxylation sites is 2. The van der Waals surface area contributed by atoms with Gasteiger partial charge in [0.1, 0.15) is 11.5 Å². The standard InChI is InChI=1S/C21H25NO5/c1-5-14(2)26-21(24)15(3)27-17-12-10-16(11-13-17)20(23)22-18-8-6-7-9-19(18)25-4/h6-15H,5H2,1-4H3,(H,22,23)/t14-,15-/m1/s1. The van der Waals surface area contributed by atoms with Crippen molar-refractivity contribution in [3.05, 3.63) is 54.1 Å². The van der Waals surface area contributed by atoms with Gasteiger partial charge in [0.15, 0.2) is 6.10 Å². The minimum absolute atomic E-state index is 0.149. The van der Waals surface area contributed by atoms with Crippen LogP contribution in [-0.2, 0) is 9.53 Å². The Kier molecular flexibility index (Phi) is 7.23. The van der Waals surface area contributed by atoms with Crippen LogP contribution in [0.1, 0.15) is 37.6 Å². The van der Waals surface area contributed by atoms with E-state index in [1.807, 2.05) is 26.0 Å². The summed E-state index contributed by atoms with van der Waals surface area (Å²) in [6.07, 6.45) is -0.133. The smallest absolute Gasteiger partial charge is 0.347 e. The van der Waals surface area contributed by atoms with Crippen molar-refractivity contribution < 1.29 is 23.8 Å². The third kappa shape index (κ3) is 5.74. The van der Waals surface area contributed by atoms with E-state index >= 15 is 0 Å². The molecule has 0 fully saturated rings. The van der Waals surface area contributed by atoms with Crippen molar-refractivity contribution in [2.75, 3.05) is 12.4 Å². The molecule has 0 aliphatic rings.